The minimum atomic E-state index is -4.60. The first-order valence-corrected chi connectivity index (χ1v) is 8.19. The van der Waals surface area contributed by atoms with Crippen molar-refractivity contribution >= 4 is 5.91 Å². The maximum Gasteiger partial charge on any atom is 0.435 e. The van der Waals surface area contributed by atoms with Gasteiger partial charge < -0.3 is 5.32 Å². The first kappa shape index (κ1) is 18.7. The van der Waals surface area contributed by atoms with Gasteiger partial charge in [-0.3, -0.25) is 9.48 Å². The summed E-state index contributed by atoms with van der Waals surface area (Å²) >= 11 is 0. The molecular weight excluding hydrogens is 359 g/mol. The second kappa shape index (κ2) is 6.90. The van der Waals surface area contributed by atoms with Crippen molar-refractivity contribution in [1.82, 2.24) is 24.9 Å². The number of nitrogens with one attached hydrogen (secondary N) is 1. The van der Waals surface area contributed by atoms with E-state index in [-0.39, 0.29) is 5.69 Å². The van der Waals surface area contributed by atoms with Gasteiger partial charge in [0.25, 0.3) is 5.91 Å². The van der Waals surface area contributed by atoms with E-state index in [1.54, 1.807) is 24.0 Å². The molecule has 1 unspecified atom stereocenters. The van der Waals surface area contributed by atoms with Crippen molar-refractivity contribution in [3.63, 3.8) is 0 Å². The van der Waals surface area contributed by atoms with Crippen LogP contribution in [0.15, 0.2) is 42.7 Å². The number of aryl methyl sites for hydroxylation is 2. The number of carbonyl (C=O) groups is 1. The van der Waals surface area contributed by atoms with Gasteiger partial charge >= 0.3 is 6.18 Å². The molecule has 1 atom stereocenters. The van der Waals surface area contributed by atoms with Crippen molar-refractivity contribution in [1.29, 1.82) is 0 Å². The highest BCUT2D eigenvalue weighted by molar-refractivity contribution is 5.92. The van der Waals surface area contributed by atoms with Crippen LogP contribution in [0.4, 0.5) is 13.2 Å². The summed E-state index contributed by atoms with van der Waals surface area (Å²) in [5, 5.41) is 10.3. The lowest BCUT2D eigenvalue weighted by molar-refractivity contribution is -0.141. The molecule has 142 valence electrons. The van der Waals surface area contributed by atoms with Gasteiger partial charge in [-0.1, -0.05) is 12.1 Å². The molecule has 3 aromatic rings. The number of benzene rings is 1. The van der Waals surface area contributed by atoms with Gasteiger partial charge in [0.15, 0.2) is 5.69 Å². The van der Waals surface area contributed by atoms with Crippen molar-refractivity contribution in [2.75, 3.05) is 0 Å². The quantitative estimate of drug-likeness (QED) is 0.758. The zero-order chi connectivity index (χ0) is 19.8. The molecule has 2 aromatic heterocycles. The summed E-state index contributed by atoms with van der Waals surface area (Å²) in [6, 6.07) is 8.05. The minimum Gasteiger partial charge on any atom is -0.344 e. The van der Waals surface area contributed by atoms with Gasteiger partial charge in [0.2, 0.25) is 0 Å². The Hall–Kier alpha value is -3.10. The molecule has 0 aliphatic heterocycles. The number of alkyl halides is 3. The molecule has 0 aliphatic carbocycles. The Balaban J connectivity index is 1.75. The Labute approximate surface area is 153 Å². The van der Waals surface area contributed by atoms with Crippen LogP contribution in [0, 0.1) is 6.92 Å². The van der Waals surface area contributed by atoms with Crippen LogP contribution < -0.4 is 5.32 Å². The number of nitrogens with zero attached hydrogens (tertiary/aromatic N) is 4. The summed E-state index contributed by atoms with van der Waals surface area (Å²) in [7, 11) is 1.30. The highest BCUT2D eigenvalue weighted by atomic mass is 19.4. The molecule has 6 nitrogen and oxygen atoms in total. The van der Waals surface area contributed by atoms with Gasteiger partial charge in [0, 0.05) is 24.9 Å². The Kier molecular flexibility index (Phi) is 4.77. The number of carbonyl (C=O) groups excluding carboxylic acids is 1. The number of amides is 1. The maximum absolute atomic E-state index is 12.7. The summed E-state index contributed by atoms with van der Waals surface area (Å²) in [6.45, 7) is 3.70. The third-order valence-electron chi connectivity index (χ3n) is 4.12. The molecule has 0 saturated heterocycles. The number of hydrogen-bond donors (Lipinski definition) is 1. The Morgan fingerprint density at radius 3 is 2.63 bits per heavy atom. The summed E-state index contributed by atoms with van der Waals surface area (Å²) in [4.78, 5) is 12.3. The monoisotopic (exact) mass is 377 g/mol. The van der Waals surface area contributed by atoms with Crippen LogP contribution in [0.3, 0.4) is 0 Å². The largest absolute Gasteiger partial charge is 0.435 e. The van der Waals surface area contributed by atoms with E-state index < -0.39 is 23.8 Å². The average Bonchev–Trinajstić information content (AvgIpc) is 3.21. The summed E-state index contributed by atoms with van der Waals surface area (Å²) in [6.07, 6.45) is -1.22. The molecule has 3 rings (SSSR count). The fourth-order valence-electron chi connectivity index (χ4n) is 2.64. The van der Waals surface area contributed by atoms with E-state index in [2.05, 4.69) is 15.5 Å². The highest BCUT2D eigenvalue weighted by Gasteiger charge is 2.35. The number of hydrogen-bond acceptors (Lipinski definition) is 3. The highest BCUT2D eigenvalue weighted by Crippen LogP contribution is 2.28. The van der Waals surface area contributed by atoms with Crippen LogP contribution in [-0.4, -0.2) is 25.5 Å². The number of aromatic nitrogens is 4. The van der Waals surface area contributed by atoms with Crippen LogP contribution >= 0.6 is 0 Å². The molecule has 9 heteroatoms. The molecule has 0 saturated carbocycles. The Bertz CT molecular complexity index is 974. The van der Waals surface area contributed by atoms with Crippen LogP contribution in [0.5, 0.6) is 0 Å². The minimum absolute atomic E-state index is 0.166. The normalized spacial score (nSPS) is 12.8. The van der Waals surface area contributed by atoms with Crippen molar-refractivity contribution in [2.24, 2.45) is 7.05 Å². The fourth-order valence-corrected chi connectivity index (χ4v) is 2.64. The molecule has 0 radical (unpaired) electrons. The van der Waals surface area contributed by atoms with Crippen LogP contribution in [0.25, 0.3) is 5.69 Å². The Morgan fingerprint density at radius 1 is 1.26 bits per heavy atom. The van der Waals surface area contributed by atoms with Crippen LogP contribution in [0.1, 0.15) is 40.3 Å². The van der Waals surface area contributed by atoms with Crippen molar-refractivity contribution < 1.29 is 18.0 Å². The van der Waals surface area contributed by atoms with Gasteiger partial charge in [0.05, 0.1) is 17.9 Å². The molecule has 0 aliphatic rings. The van der Waals surface area contributed by atoms with E-state index in [9.17, 15) is 18.0 Å². The molecule has 2 heterocycles. The fraction of sp³-hybridized carbons (Fsp3) is 0.278. The second-order valence-corrected chi connectivity index (χ2v) is 6.29. The third kappa shape index (κ3) is 4.02. The molecule has 27 heavy (non-hydrogen) atoms. The van der Waals surface area contributed by atoms with Gasteiger partial charge in [0.1, 0.15) is 5.69 Å². The summed E-state index contributed by atoms with van der Waals surface area (Å²) in [5.41, 5.74) is 1.42. The van der Waals surface area contributed by atoms with Gasteiger partial charge in [-0.25, -0.2) is 4.68 Å². The zero-order valence-electron chi connectivity index (χ0n) is 14.9. The molecule has 1 aromatic carbocycles. The summed E-state index contributed by atoms with van der Waals surface area (Å²) < 4.78 is 40.8. The smallest absolute Gasteiger partial charge is 0.344 e. The van der Waals surface area contributed by atoms with Gasteiger partial charge in [-0.05, 0) is 31.5 Å². The third-order valence-corrected chi connectivity index (χ3v) is 4.12. The molecule has 0 bridgehead atoms. The standard InChI is InChI=1S/C18H18F3N5O/c1-11-5-4-6-14(7-11)26-10-13(9-22-26)12(2)23-17(27)15-8-16(18(19,20)21)24-25(15)3/h4-10,12H,1-3H3,(H,23,27). The van der Waals surface area contributed by atoms with Crippen LogP contribution in [-0.2, 0) is 13.2 Å². The lowest BCUT2D eigenvalue weighted by Gasteiger charge is -2.12. The number of halogens is 3. The first-order chi connectivity index (χ1) is 12.6. The lowest BCUT2D eigenvalue weighted by Crippen LogP contribution is -2.28. The van der Waals surface area contributed by atoms with Crippen molar-refractivity contribution in [3.05, 3.63) is 65.2 Å². The van der Waals surface area contributed by atoms with Gasteiger partial charge in [-0.15, -0.1) is 0 Å². The predicted octanol–water partition coefficient (Wildman–Crippen LogP) is 3.42. The van der Waals surface area contributed by atoms with E-state index >= 15 is 0 Å². The maximum atomic E-state index is 12.7. The van der Waals surface area contributed by atoms with E-state index in [4.69, 9.17) is 0 Å². The van der Waals surface area contributed by atoms with Crippen molar-refractivity contribution in [3.8, 4) is 5.69 Å². The number of rotatable bonds is 4. The molecule has 0 fully saturated rings. The first-order valence-electron chi connectivity index (χ1n) is 8.19. The molecule has 1 N–H and O–H groups in total. The van der Waals surface area contributed by atoms with E-state index in [1.165, 1.54) is 7.05 Å². The summed E-state index contributed by atoms with van der Waals surface area (Å²) in [5.74, 6) is -0.642. The Morgan fingerprint density at radius 2 is 2.00 bits per heavy atom. The SMILES string of the molecule is Cc1cccc(-n2cc(C(C)NC(=O)c3cc(C(F)(F)F)nn3C)cn2)c1. The topological polar surface area (TPSA) is 64.7 Å². The van der Waals surface area contributed by atoms with E-state index in [0.717, 1.165) is 27.6 Å². The van der Waals surface area contributed by atoms with E-state index in [1.807, 2.05) is 31.2 Å². The second-order valence-electron chi connectivity index (χ2n) is 6.29. The predicted molar refractivity (Wildman–Crippen MR) is 92.4 cm³/mol. The average molecular weight is 377 g/mol. The van der Waals surface area contributed by atoms with E-state index in [0.29, 0.717) is 0 Å². The molecular formula is C18H18F3N5O. The molecule has 1 amide bonds. The van der Waals surface area contributed by atoms with Crippen molar-refractivity contribution in [2.45, 2.75) is 26.1 Å². The molecule has 0 spiro atoms. The van der Waals surface area contributed by atoms with Crippen LogP contribution in [0.2, 0.25) is 0 Å². The zero-order valence-corrected chi connectivity index (χ0v) is 14.9. The lowest BCUT2D eigenvalue weighted by atomic mass is 10.2. The van der Waals surface area contributed by atoms with Gasteiger partial charge in [-0.2, -0.15) is 23.4 Å².